The molecule has 0 bridgehead atoms. The Balaban J connectivity index is 3.26. The van der Waals surface area contributed by atoms with E-state index in [1.54, 1.807) is 0 Å². The topological polar surface area (TPSA) is 54.5 Å². The maximum atomic E-state index is 13.4. The fourth-order valence-electron chi connectivity index (χ4n) is 1.06. The lowest BCUT2D eigenvalue weighted by molar-refractivity contribution is 0.0823. The minimum atomic E-state index is -3.98. The molecule has 0 aliphatic carbocycles. The standard InChI is InChI=1S/C9H9ClFNO3S/c1-12(2)9(13)7-4-3-6(5-8(7)11)16(10,14)15/h3-5H,1-2H3. The summed E-state index contributed by atoms with van der Waals surface area (Å²) in [6.45, 7) is 0. The Morgan fingerprint density at radius 3 is 2.31 bits per heavy atom. The summed E-state index contributed by atoms with van der Waals surface area (Å²) in [5, 5.41) is 0. The lowest BCUT2D eigenvalue weighted by atomic mass is 10.2. The number of benzene rings is 1. The van der Waals surface area contributed by atoms with E-state index in [9.17, 15) is 17.6 Å². The van der Waals surface area contributed by atoms with Crippen molar-refractivity contribution in [3.63, 3.8) is 0 Å². The number of nitrogens with zero attached hydrogens (tertiary/aromatic N) is 1. The van der Waals surface area contributed by atoms with Gasteiger partial charge >= 0.3 is 0 Å². The molecule has 1 aromatic carbocycles. The monoisotopic (exact) mass is 265 g/mol. The molecule has 0 N–H and O–H groups in total. The van der Waals surface area contributed by atoms with Gasteiger partial charge in [0.15, 0.2) is 0 Å². The molecule has 4 nitrogen and oxygen atoms in total. The lowest BCUT2D eigenvalue weighted by Gasteiger charge is -2.10. The van der Waals surface area contributed by atoms with Crippen LogP contribution in [0.3, 0.4) is 0 Å². The summed E-state index contributed by atoms with van der Waals surface area (Å²) in [7, 11) is 3.99. The third-order valence-corrected chi connectivity index (χ3v) is 3.21. The van der Waals surface area contributed by atoms with Crippen LogP contribution in [0.15, 0.2) is 23.1 Å². The van der Waals surface area contributed by atoms with Gasteiger partial charge in [-0.05, 0) is 18.2 Å². The summed E-state index contributed by atoms with van der Waals surface area (Å²) >= 11 is 0. The zero-order chi connectivity index (χ0) is 12.5. The van der Waals surface area contributed by atoms with Crippen LogP contribution >= 0.6 is 10.7 Å². The Bertz CT molecular complexity index is 528. The highest BCUT2D eigenvalue weighted by Crippen LogP contribution is 2.19. The average molecular weight is 266 g/mol. The van der Waals surface area contributed by atoms with Crippen LogP contribution in [0.2, 0.25) is 0 Å². The molecule has 0 unspecified atom stereocenters. The molecule has 0 atom stereocenters. The second kappa shape index (κ2) is 4.39. The Labute approximate surface area is 97.0 Å². The second-order valence-corrected chi connectivity index (χ2v) is 5.85. The van der Waals surface area contributed by atoms with Crippen molar-refractivity contribution in [2.24, 2.45) is 0 Å². The highest BCUT2D eigenvalue weighted by molar-refractivity contribution is 8.13. The van der Waals surface area contributed by atoms with E-state index in [1.807, 2.05) is 0 Å². The summed E-state index contributed by atoms with van der Waals surface area (Å²) in [4.78, 5) is 12.2. The molecule has 16 heavy (non-hydrogen) atoms. The third kappa shape index (κ3) is 2.70. The molecule has 0 aromatic heterocycles. The van der Waals surface area contributed by atoms with Gasteiger partial charge in [0.25, 0.3) is 15.0 Å². The first-order chi connectivity index (χ1) is 7.23. The lowest BCUT2D eigenvalue weighted by Crippen LogP contribution is -2.22. The van der Waals surface area contributed by atoms with Gasteiger partial charge in [-0.25, -0.2) is 12.8 Å². The quantitative estimate of drug-likeness (QED) is 0.761. The summed E-state index contributed by atoms with van der Waals surface area (Å²) < 4.78 is 35.2. The number of hydrogen-bond acceptors (Lipinski definition) is 3. The maximum Gasteiger partial charge on any atom is 0.261 e. The Morgan fingerprint density at radius 1 is 1.38 bits per heavy atom. The maximum absolute atomic E-state index is 13.4. The normalized spacial score (nSPS) is 11.2. The minimum Gasteiger partial charge on any atom is -0.345 e. The zero-order valence-electron chi connectivity index (χ0n) is 8.57. The van der Waals surface area contributed by atoms with Crippen molar-refractivity contribution in [3.8, 4) is 0 Å². The predicted octanol–water partition coefficient (Wildman–Crippen LogP) is 1.46. The van der Waals surface area contributed by atoms with Crippen LogP contribution in [0.4, 0.5) is 4.39 Å². The summed E-state index contributed by atoms with van der Waals surface area (Å²) in [5.74, 6) is -1.46. The molecular formula is C9H9ClFNO3S. The molecule has 0 saturated heterocycles. The van der Waals surface area contributed by atoms with Crippen LogP contribution in [-0.4, -0.2) is 33.3 Å². The van der Waals surface area contributed by atoms with Crippen molar-refractivity contribution in [2.45, 2.75) is 4.90 Å². The first-order valence-corrected chi connectivity index (χ1v) is 6.50. The third-order valence-electron chi connectivity index (χ3n) is 1.86. The number of carbonyl (C=O) groups is 1. The van der Waals surface area contributed by atoms with Gasteiger partial charge < -0.3 is 4.90 Å². The molecule has 0 saturated carbocycles. The molecule has 0 aliphatic heterocycles. The highest BCUT2D eigenvalue weighted by atomic mass is 35.7. The smallest absolute Gasteiger partial charge is 0.261 e. The van der Waals surface area contributed by atoms with Gasteiger partial charge in [0, 0.05) is 24.8 Å². The van der Waals surface area contributed by atoms with Crippen LogP contribution < -0.4 is 0 Å². The number of carbonyl (C=O) groups excluding carboxylic acids is 1. The molecule has 1 rings (SSSR count). The van der Waals surface area contributed by atoms with E-state index < -0.39 is 20.8 Å². The summed E-state index contributed by atoms with van der Waals surface area (Å²) in [5.41, 5.74) is -0.200. The number of halogens is 2. The van der Waals surface area contributed by atoms with E-state index in [0.717, 1.165) is 18.2 Å². The Hall–Kier alpha value is -1.14. The van der Waals surface area contributed by atoms with Crippen LogP contribution in [0.1, 0.15) is 10.4 Å². The van der Waals surface area contributed by atoms with Crippen molar-refractivity contribution in [1.29, 1.82) is 0 Å². The van der Waals surface area contributed by atoms with Crippen LogP contribution in [0, 0.1) is 5.82 Å². The number of rotatable bonds is 2. The largest absolute Gasteiger partial charge is 0.345 e. The molecule has 0 radical (unpaired) electrons. The molecule has 1 amide bonds. The van der Waals surface area contributed by atoms with Gasteiger partial charge in [-0.2, -0.15) is 0 Å². The van der Waals surface area contributed by atoms with E-state index in [1.165, 1.54) is 19.0 Å². The van der Waals surface area contributed by atoms with Crippen molar-refractivity contribution in [2.75, 3.05) is 14.1 Å². The fraction of sp³-hybridized carbons (Fsp3) is 0.222. The number of hydrogen-bond donors (Lipinski definition) is 0. The van der Waals surface area contributed by atoms with Gasteiger partial charge in [0.2, 0.25) is 0 Å². The van der Waals surface area contributed by atoms with E-state index in [0.29, 0.717) is 0 Å². The van der Waals surface area contributed by atoms with Crippen LogP contribution in [0.25, 0.3) is 0 Å². The molecule has 0 aliphatic rings. The predicted molar refractivity (Wildman–Crippen MR) is 57.5 cm³/mol. The minimum absolute atomic E-state index is 0.200. The average Bonchev–Trinajstić information content (AvgIpc) is 2.15. The van der Waals surface area contributed by atoms with Gasteiger partial charge in [0.1, 0.15) is 5.82 Å². The molecule has 0 heterocycles. The SMILES string of the molecule is CN(C)C(=O)c1ccc(S(=O)(=O)Cl)cc1F. The zero-order valence-corrected chi connectivity index (χ0v) is 10.1. The first kappa shape index (κ1) is 12.9. The van der Waals surface area contributed by atoms with Crippen molar-refractivity contribution in [3.05, 3.63) is 29.6 Å². The van der Waals surface area contributed by atoms with Crippen LogP contribution in [0.5, 0.6) is 0 Å². The van der Waals surface area contributed by atoms with E-state index >= 15 is 0 Å². The van der Waals surface area contributed by atoms with Gasteiger partial charge in [-0.3, -0.25) is 4.79 Å². The Morgan fingerprint density at radius 2 is 1.94 bits per heavy atom. The molecule has 88 valence electrons. The number of amides is 1. The second-order valence-electron chi connectivity index (χ2n) is 3.28. The van der Waals surface area contributed by atoms with E-state index in [-0.39, 0.29) is 10.5 Å². The van der Waals surface area contributed by atoms with Crippen LogP contribution in [-0.2, 0) is 9.05 Å². The Kier molecular flexibility index (Phi) is 3.54. The molecule has 7 heteroatoms. The summed E-state index contributed by atoms with van der Waals surface area (Å²) in [6, 6.07) is 2.90. The first-order valence-electron chi connectivity index (χ1n) is 4.19. The molecule has 1 aromatic rings. The van der Waals surface area contributed by atoms with Crippen molar-refractivity contribution < 1.29 is 17.6 Å². The summed E-state index contributed by atoms with van der Waals surface area (Å²) in [6.07, 6.45) is 0. The molecular weight excluding hydrogens is 257 g/mol. The molecule has 0 fully saturated rings. The van der Waals surface area contributed by atoms with E-state index in [4.69, 9.17) is 10.7 Å². The van der Waals surface area contributed by atoms with Gasteiger partial charge in [-0.15, -0.1) is 0 Å². The highest BCUT2D eigenvalue weighted by Gasteiger charge is 2.17. The van der Waals surface area contributed by atoms with Crippen molar-refractivity contribution in [1.82, 2.24) is 4.90 Å². The molecule has 0 spiro atoms. The van der Waals surface area contributed by atoms with E-state index in [2.05, 4.69) is 0 Å². The fourth-order valence-corrected chi connectivity index (χ4v) is 1.82. The van der Waals surface area contributed by atoms with Crippen molar-refractivity contribution >= 4 is 25.6 Å². The van der Waals surface area contributed by atoms with Gasteiger partial charge in [-0.1, -0.05) is 0 Å². The van der Waals surface area contributed by atoms with Gasteiger partial charge in [0.05, 0.1) is 10.5 Å².